The van der Waals surface area contributed by atoms with E-state index in [1.165, 1.54) is 0 Å². The quantitative estimate of drug-likeness (QED) is 0.924. The van der Waals surface area contributed by atoms with Gasteiger partial charge < -0.3 is 4.52 Å². The van der Waals surface area contributed by atoms with E-state index in [9.17, 15) is 8.42 Å². The first-order chi connectivity index (χ1) is 11.0. The number of hydrogen-bond donors (Lipinski definition) is 1. The van der Waals surface area contributed by atoms with Crippen molar-refractivity contribution in [3.63, 3.8) is 0 Å². The van der Waals surface area contributed by atoms with E-state index >= 15 is 0 Å². The number of benzene rings is 1. The minimum atomic E-state index is -3.52. The van der Waals surface area contributed by atoms with Gasteiger partial charge in [0.2, 0.25) is 10.0 Å². The van der Waals surface area contributed by atoms with Crippen LogP contribution in [0.4, 0.5) is 5.82 Å². The van der Waals surface area contributed by atoms with Gasteiger partial charge in [-0.3, -0.25) is 4.72 Å². The Kier molecular flexibility index (Phi) is 4.43. The Morgan fingerprint density at radius 1 is 1.13 bits per heavy atom. The molecule has 0 aliphatic heterocycles. The molecule has 3 rings (SSSR count). The molecule has 2 unspecified atom stereocenters. The van der Waals surface area contributed by atoms with Crippen LogP contribution in [0.2, 0.25) is 0 Å². The van der Waals surface area contributed by atoms with Crippen LogP contribution in [0.5, 0.6) is 0 Å². The molecule has 2 aromatic rings. The number of anilines is 1. The molecular formula is C17H22N2O3S. The van der Waals surface area contributed by atoms with Crippen molar-refractivity contribution in [3.8, 4) is 0 Å². The molecule has 1 saturated carbocycles. The highest BCUT2D eigenvalue weighted by molar-refractivity contribution is 7.93. The Bertz CT molecular complexity index is 768. The third-order valence-corrected chi connectivity index (χ3v) is 6.56. The molecule has 2 atom stereocenters. The molecular weight excluding hydrogens is 312 g/mol. The number of aromatic nitrogens is 1. The van der Waals surface area contributed by atoms with E-state index in [-0.39, 0.29) is 5.92 Å². The maximum atomic E-state index is 12.9. The fraction of sp³-hybridized carbons (Fsp3) is 0.471. The molecule has 124 valence electrons. The number of aryl methyl sites for hydroxylation is 1. The predicted octanol–water partition coefficient (Wildman–Crippen LogP) is 3.76. The molecule has 0 amide bonds. The van der Waals surface area contributed by atoms with Gasteiger partial charge in [0.25, 0.3) is 0 Å². The van der Waals surface area contributed by atoms with Crippen molar-refractivity contribution >= 4 is 15.8 Å². The van der Waals surface area contributed by atoms with Crippen LogP contribution in [0.15, 0.2) is 34.9 Å². The summed E-state index contributed by atoms with van der Waals surface area (Å²) >= 11 is 0. The number of sulfonamides is 1. The highest BCUT2D eigenvalue weighted by Crippen LogP contribution is 2.37. The minimum absolute atomic E-state index is 0.0238. The van der Waals surface area contributed by atoms with Crippen LogP contribution in [0, 0.1) is 13.8 Å². The zero-order chi connectivity index (χ0) is 16.4. The monoisotopic (exact) mass is 334 g/mol. The standard InChI is InChI=1S/C17H22N2O3S/c1-12-13(2)22-18-17(12)19-23(20,21)16-11-7-6-10-15(16)14-8-4-3-5-9-14/h3-5,8-9,15-16H,6-7,10-11H2,1-2H3,(H,18,19). The molecule has 5 nitrogen and oxygen atoms in total. The number of rotatable bonds is 4. The van der Waals surface area contributed by atoms with E-state index in [0.29, 0.717) is 18.0 Å². The maximum Gasteiger partial charge on any atom is 0.237 e. The molecule has 1 aromatic heterocycles. The molecule has 1 aliphatic carbocycles. The summed E-state index contributed by atoms with van der Waals surface area (Å²) in [5, 5.41) is 3.39. The summed E-state index contributed by atoms with van der Waals surface area (Å²) in [6.07, 6.45) is 3.57. The number of nitrogens with one attached hydrogen (secondary N) is 1. The van der Waals surface area contributed by atoms with Gasteiger partial charge in [-0.15, -0.1) is 0 Å². The molecule has 1 heterocycles. The van der Waals surface area contributed by atoms with Crippen molar-refractivity contribution in [3.05, 3.63) is 47.2 Å². The molecule has 0 radical (unpaired) electrons. The van der Waals surface area contributed by atoms with E-state index in [1.54, 1.807) is 13.8 Å². The van der Waals surface area contributed by atoms with Crippen LogP contribution in [-0.2, 0) is 10.0 Å². The maximum absolute atomic E-state index is 12.9. The first-order valence-electron chi connectivity index (χ1n) is 7.98. The summed E-state index contributed by atoms with van der Waals surface area (Å²) in [5.41, 5.74) is 1.83. The highest BCUT2D eigenvalue weighted by Gasteiger charge is 2.37. The minimum Gasteiger partial charge on any atom is -0.359 e. The summed E-state index contributed by atoms with van der Waals surface area (Å²) in [4.78, 5) is 0. The fourth-order valence-electron chi connectivity index (χ4n) is 3.27. The van der Waals surface area contributed by atoms with Gasteiger partial charge in [0, 0.05) is 11.5 Å². The lowest BCUT2D eigenvalue weighted by Crippen LogP contribution is -2.35. The molecule has 6 heteroatoms. The summed E-state index contributed by atoms with van der Waals surface area (Å²) < 4.78 is 33.5. The Labute approximate surface area is 137 Å². The molecule has 1 N–H and O–H groups in total. The average Bonchev–Trinajstić information content (AvgIpc) is 2.87. The average molecular weight is 334 g/mol. The van der Waals surface area contributed by atoms with Crippen LogP contribution in [0.3, 0.4) is 0 Å². The van der Waals surface area contributed by atoms with Crippen molar-refractivity contribution in [1.82, 2.24) is 5.16 Å². The van der Waals surface area contributed by atoms with Crippen molar-refractivity contribution < 1.29 is 12.9 Å². The summed E-state index contributed by atoms with van der Waals surface area (Å²) in [6, 6.07) is 9.92. The molecule has 0 spiro atoms. The molecule has 1 fully saturated rings. The van der Waals surface area contributed by atoms with Crippen molar-refractivity contribution in [1.29, 1.82) is 0 Å². The first-order valence-corrected chi connectivity index (χ1v) is 9.53. The van der Waals surface area contributed by atoms with E-state index < -0.39 is 15.3 Å². The van der Waals surface area contributed by atoms with Gasteiger partial charge in [0.05, 0.1) is 5.25 Å². The van der Waals surface area contributed by atoms with Crippen LogP contribution >= 0.6 is 0 Å². The summed E-state index contributed by atoms with van der Waals surface area (Å²) in [7, 11) is -3.52. The molecule has 1 aliphatic rings. The largest absolute Gasteiger partial charge is 0.359 e. The molecule has 23 heavy (non-hydrogen) atoms. The van der Waals surface area contributed by atoms with Gasteiger partial charge in [0.15, 0.2) is 5.82 Å². The Balaban J connectivity index is 1.89. The van der Waals surface area contributed by atoms with Crippen LogP contribution in [0.1, 0.15) is 48.5 Å². The Morgan fingerprint density at radius 3 is 2.48 bits per heavy atom. The van der Waals surface area contributed by atoms with Crippen molar-refractivity contribution in [2.75, 3.05) is 4.72 Å². The highest BCUT2D eigenvalue weighted by atomic mass is 32.2. The summed E-state index contributed by atoms with van der Waals surface area (Å²) in [5.74, 6) is 0.960. The van der Waals surface area contributed by atoms with Gasteiger partial charge in [-0.1, -0.05) is 48.3 Å². The van der Waals surface area contributed by atoms with Crippen LogP contribution < -0.4 is 4.72 Å². The fourth-order valence-corrected chi connectivity index (χ4v) is 5.09. The predicted molar refractivity (Wildman–Crippen MR) is 90.0 cm³/mol. The van der Waals surface area contributed by atoms with E-state index in [4.69, 9.17) is 4.52 Å². The zero-order valence-electron chi connectivity index (χ0n) is 13.5. The van der Waals surface area contributed by atoms with Crippen molar-refractivity contribution in [2.45, 2.75) is 50.7 Å². The van der Waals surface area contributed by atoms with E-state index in [2.05, 4.69) is 9.88 Å². The van der Waals surface area contributed by atoms with Gasteiger partial charge in [-0.2, -0.15) is 0 Å². The first kappa shape index (κ1) is 16.1. The third kappa shape index (κ3) is 3.27. The van der Waals surface area contributed by atoms with E-state index in [1.807, 2.05) is 30.3 Å². The topological polar surface area (TPSA) is 72.2 Å². The lowest BCUT2D eigenvalue weighted by atomic mass is 9.83. The molecule has 0 bridgehead atoms. The van der Waals surface area contributed by atoms with Crippen LogP contribution in [-0.4, -0.2) is 18.8 Å². The Morgan fingerprint density at radius 2 is 1.83 bits per heavy atom. The second kappa shape index (κ2) is 6.35. The second-order valence-corrected chi connectivity index (χ2v) is 8.10. The van der Waals surface area contributed by atoms with Gasteiger partial charge in [-0.25, -0.2) is 8.42 Å². The second-order valence-electron chi connectivity index (χ2n) is 6.20. The SMILES string of the molecule is Cc1onc(NS(=O)(=O)C2CCCCC2c2ccccc2)c1C. The number of nitrogens with zero attached hydrogens (tertiary/aromatic N) is 1. The lowest BCUT2D eigenvalue weighted by molar-refractivity contribution is 0.399. The summed E-state index contributed by atoms with van der Waals surface area (Å²) in [6.45, 7) is 3.58. The van der Waals surface area contributed by atoms with Crippen molar-refractivity contribution in [2.24, 2.45) is 0 Å². The van der Waals surface area contributed by atoms with Gasteiger partial charge in [-0.05, 0) is 32.3 Å². The smallest absolute Gasteiger partial charge is 0.237 e. The lowest BCUT2D eigenvalue weighted by Gasteiger charge is -2.31. The zero-order valence-corrected chi connectivity index (χ0v) is 14.3. The molecule has 0 saturated heterocycles. The van der Waals surface area contributed by atoms with Gasteiger partial charge >= 0.3 is 0 Å². The number of hydrogen-bond acceptors (Lipinski definition) is 4. The van der Waals surface area contributed by atoms with Gasteiger partial charge in [0.1, 0.15) is 5.76 Å². The Hall–Kier alpha value is -1.82. The van der Waals surface area contributed by atoms with E-state index in [0.717, 1.165) is 30.4 Å². The third-order valence-electron chi connectivity index (χ3n) is 4.72. The normalized spacial score (nSPS) is 22.0. The van der Waals surface area contributed by atoms with Crippen LogP contribution in [0.25, 0.3) is 0 Å². The molecule has 1 aromatic carbocycles.